The first-order valence-corrected chi connectivity index (χ1v) is 10.1. The van der Waals surface area contributed by atoms with E-state index in [1.165, 1.54) is 18.5 Å². The van der Waals surface area contributed by atoms with Crippen molar-refractivity contribution in [3.8, 4) is 5.88 Å². The Morgan fingerprint density at radius 1 is 1.29 bits per heavy atom. The zero-order valence-corrected chi connectivity index (χ0v) is 16.4. The summed E-state index contributed by atoms with van der Waals surface area (Å²) in [5.41, 5.74) is 2.20. The second kappa shape index (κ2) is 8.50. The first-order chi connectivity index (χ1) is 13.7. The zero-order valence-electron chi connectivity index (χ0n) is 16.4. The molecule has 2 aromatic heterocycles. The Labute approximate surface area is 165 Å². The Hall–Kier alpha value is -2.77. The van der Waals surface area contributed by atoms with Crippen LogP contribution in [-0.4, -0.2) is 58.9 Å². The van der Waals surface area contributed by atoms with Crippen molar-refractivity contribution in [2.75, 3.05) is 37.7 Å². The van der Waals surface area contributed by atoms with E-state index in [2.05, 4.69) is 38.4 Å². The number of amides is 2. The van der Waals surface area contributed by atoms with Crippen molar-refractivity contribution in [1.82, 2.24) is 25.4 Å². The highest BCUT2D eigenvalue weighted by atomic mass is 16.5. The summed E-state index contributed by atoms with van der Waals surface area (Å²) in [7, 11) is 0. The number of H-pyrrole nitrogens is 1. The summed E-state index contributed by atoms with van der Waals surface area (Å²) < 4.78 is 5.48. The van der Waals surface area contributed by atoms with Crippen LogP contribution in [0.4, 0.5) is 10.6 Å². The largest absolute Gasteiger partial charge is 0.478 e. The van der Waals surface area contributed by atoms with Crippen LogP contribution in [0.15, 0.2) is 24.4 Å². The molecule has 2 aliphatic rings. The number of aromatic amines is 1. The van der Waals surface area contributed by atoms with Gasteiger partial charge in [-0.1, -0.05) is 13.0 Å². The number of hydrogen-bond acceptors (Lipinski definition) is 5. The van der Waals surface area contributed by atoms with Gasteiger partial charge in [-0.25, -0.2) is 9.78 Å². The molecule has 0 unspecified atom stereocenters. The van der Waals surface area contributed by atoms with Crippen molar-refractivity contribution in [3.63, 3.8) is 0 Å². The molecular weight excluding hydrogens is 356 g/mol. The molecule has 1 saturated heterocycles. The SMILES string of the molecule is CCCOc1ccc(CNC(=O)N2CCN(c3cc(C4CC4)[nH]n3)CC2)cn1. The summed E-state index contributed by atoms with van der Waals surface area (Å²) in [6, 6.07) is 5.90. The molecule has 28 heavy (non-hydrogen) atoms. The van der Waals surface area contributed by atoms with E-state index in [1.54, 1.807) is 6.20 Å². The summed E-state index contributed by atoms with van der Waals surface area (Å²) in [5, 5.41) is 10.6. The van der Waals surface area contributed by atoms with E-state index in [0.29, 0.717) is 38.0 Å². The van der Waals surface area contributed by atoms with Crippen LogP contribution in [0.1, 0.15) is 43.4 Å². The van der Waals surface area contributed by atoms with E-state index in [9.17, 15) is 4.79 Å². The lowest BCUT2D eigenvalue weighted by Gasteiger charge is -2.34. The van der Waals surface area contributed by atoms with Gasteiger partial charge in [0.15, 0.2) is 5.82 Å². The number of carbonyl (C=O) groups is 1. The van der Waals surface area contributed by atoms with Gasteiger partial charge in [-0.05, 0) is 24.8 Å². The first-order valence-electron chi connectivity index (χ1n) is 10.1. The number of nitrogens with zero attached hydrogens (tertiary/aromatic N) is 4. The van der Waals surface area contributed by atoms with Crippen LogP contribution in [0.25, 0.3) is 0 Å². The van der Waals surface area contributed by atoms with Gasteiger partial charge in [-0.3, -0.25) is 5.10 Å². The molecule has 150 valence electrons. The summed E-state index contributed by atoms with van der Waals surface area (Å²) >= 11 is 0. The molecule has 2 fully saturated rings. The van der Waals surface area contributed by atoms with Gasteiger partial charge in [0.2, 0.25) is 5.88 Å². The Bertz CT molecular complexity index is 778. The number of pyridine rings is 1. The predicted octanol–water partition coefficient (Wildman–Crippen LogP) is 2.50. The quantitative estimate of drug-likeness (QED) is 0.766. The normalized spacial score (nSPS) is 16.9. The van der Waals surface area contributed by atoms with Crippen molar-refractivity contribution >= 4 is 11.8 Å². The van der Waals surface area contributed by atoms with Gasteiger partial charge in [-0.15, -0.1) is 0 Å². The van der Waals surface area contributed by atoms with E-state index in [1.807, 2.05) is 17.0 Å². The lowest BCUT2D eigenvalue weighted by Crippen LogP contribution is -2.51. The molecule has 1 aliphatic carbocycles. The number of hydrogen-bond donors (Lipinski definition) is 2. The van der Waals surface area contributed by atoms with Gasteiger partial charge in [-0.2, -0.15) is 5.10 Å². The molecule has 0 radical (unpaired) electrons. The van der Waals surface area contributed by atoms with E-state index in [0.717, 1.165) is 30.9 Å². The highest BCUT2D eigenvalue weighted by Gasteiger charge is 2.27. The average Bonchev–Trinajstić information content (AvgIpc) is 3.48. The molecule has 1 saturated carbocycles. The fourth-order valence-electron chi connectivity index (χ4n) is 3.33. The number of urea groups is 1. The van der Waals surface area contributed by atoms with Crippen LogP contribution < -0.4 is 15.0 Å². The zero-order chi connectivity index (χ0) is 19.3. The average molecular weight is 384 g/mol. The van der Waals surface area contributed by atoms with Crippen LogP contribution in [0.5, 0.6) is 5.88 Å². The van der Waals surface area contributed by atoms with Gasteiger partial charge in [0.25, 0.3) is 0 Å². The Morgan fingerprint density at radius 3 is 2.79 bits per heavy atom. The molecule has 2 N–H and O–H groups in total. The molecule has 0 bridgehead atoms. The smallest absolute Gasteiger partial charge is 0.317 e. The topological polar surface area (TPSA) is 86.4 Å². The maximum atomic E-state index is 12.5. The number of nitrogens with one attached hydrogen (secondary N) is 2. The number of aromatic nitrogens is 3. The number of carbonyl (C=O) groups excluding carboxylic acids is 1. The highest BCUT2D eigenvalue weighted by Crippen LogP contribution is 2.39. The molecule has 2 aromatic rings. The fraction of sp³-hybridized carbons (Fsp3) is 0.550. The maximum absolute atomic E-state index is 12.5. The number of anilines is 1. The maximum Gasteiger partial charge on any atom is 0.317 e. The third kappa shape index (κ3) is 4.55. The predicted molar refractivity (Wildman–Crippen MR) is 107 cm³/mol. The standard InChI is InChI=1S/C20H28N6O2/c1-2-11-28-19-6-3-15(13-21-19)14-22-20(27)26-9-7-25(8-10-26)18-12-17(23-24-18)16-4-5-16/h3,6,12-13,16H,2,4-5,7-11,14H2,1H3,(H,22,27)(H,23,24). The van der Waals surface area contributed by atoms with Gasteiger partial charge in [0, 0.05) is 62.7 Å². The Kier molecular flexibility index (Phi) is 5.64. The molecule has 3 heterocycles. The van der Waals surface area contributed by atoms with Crippen molar-refractivity contribution in [1.29, 1.82) is 0 Å². The second-order valence-corrected chi connectivity index (χ2v) is 7.44. The van der Waals surface area contributed by atoms with Crippen molar-refractivity contribution in [3.05, 3.63) is 35.7 Å². The van der Waals surface area contributed by atoms with Crippen LogP contribution >= 0.6 is 0 Å². The molecular formula is C20H28N6O2. The van der Waals surface area contributed by atoms with Crippen LogP contribution in [0, 0.1) is 0 Å². The van der Waals surface area contributed by atoms with Crippen molar-refractivity contribution in [2.45, 2.75) is 38.6 Å². The lowest BCUT2D eigenvalue weighted by atomic mass is 10.2. The number of ether oxygens (including phenoxy) is 1. The molecule has 0 aromatic carbocycles. The number of rotatable bonds is 7. The van der Waals surface area contributed by atoms with E-state index in [-0.39, 0.29) is 6.03 Å². The summed E-state index contributed by atoms with van der Waals surface area (Å²) in [4.78, 5) is 20.8. The summed E-state index contributed by atoms with van der Waals surface area (Å²) in [5.74, 6) is 2.30. The molecule has 4 rings (SSSR count). The molecule has 0 spiro atoms. The Balaban J connectivity index is 1.21. The molecule has 2 amide bonds. The minimum absolute atomic E-state index is 0.0355. The molecule has 0 atom stereocenters. The van der Waals surface area contributed by atoms with E-state index < -0.39 is 0 Å². The van der Waals surface area contributed by atoms with Crippen LogP contribution in [-0.2, 0) is 6.54 Å². The van der Waals surface area contributed by atoms with Gasteiger partial charge >= 0.3 is 6.03 Å². The third-order valence-electron chi connectivity index (χ3n) is 5.19. The van der Waals surface area contributed by atoms with Crippen LogP contribution in [0.2, 0.25) is 0 Å². The molecule has 8 nitrogen and oxygen atoms in total. The van der Waals surface area contributed by atoms with Crippen molar-refractivity contribution < 1.29 is 9.53 Å². The van der Waals surface area contributed by atoms with Gasteiger partial charge in [0.05, 0.1) is 6.61 Å². The number of piperazine rings is 1. The van der Waals surface area contributed by atoms with E-state index in [4.69, 9.17) is 4.74 Å². The monoisotopic (exact) mass is 384 g/mol. The summed E-state index contributed by atoms with van der Waals surface area (Å²) in [6.07, 6.45) is 5.23. The second-order valence-electron chi connectivity index (χ2n) is 7.44. The summed E-state index contributed by atoms with van der Waals surface area (Å²) in [6.45, 7) is 6.17. The first kappa shape index (κ1) is 18.6. The highest BCUT2D eigenvalue weighted by molar-refractivity contribution is 5.74. The molecule has 1 aliphatic heterocycles. The minimum Gasteiger partial charge on any atom is -0.478 e. The lowest BCUT2D eigenvalue weighted by molar-refractivity contribution is 0.194. The minimum atomic E-state index is -0.0355. The molecule has 8 heteroatoms. The van der Waals surface area contributed by atoms with Gasteiger partial charge in [0.1, 0.15) is 0 Å². The van der Waals surface area contributed by atoms with Crippen LogP contribution in [0.3, 0.4) is 0 Å². The fourth-order valence-corrected chi connectivity index (χ4v) is 3.33. The Morgan fingerprint density at radius 2 is 2.11 bits per heavy atom. The van der Waals surface area contributed by atoms with Gasteiger partial charge < -0.3 is 19.9 Å². The third-order valence-corrected chi connectivity index (χ3v) is 5.19. The van der Waals surface area contributed by atoms with Crippen molar-refractivity contribution in [2.24, 2.45) is 0 Å². The van der Waals surface area contributed by atoms with E-state index >= 15 is 0 Å².